The minimum absolute atomic E-state index is 0. The van der Waals surface area contributed by atoms with Crippen molar-refractivity contribution >= 4 is 29.9 Å². The molecule has 1 atom stereocenters. The molecule has 2 rings (SSSR count). The van der Waals surface area contributed by atoms with Crippen LogP contribution in [0, 0.1) is 0 Å². The van der Waals surface area contributed by atoms with Crippen molar-refractivity contribution < 1.29 is 14.2 Å². The van der Waals surface area contributed by atoms with Crippen LogP contribution in [0.2, 0.25) is 0 Å². The predicted octanol–water partition coefficient (Wildman–Crippen LogP) is 0.638. The van der Waals surface area contributed by atoms with Crippen LogP contribution in [0.15, 0.2) is 4.99 Å². The fourth-order valence-electron chi connectivity index (χ4n) is 3.16. The van der Waals surface area contributed by atoms with E-state index in [0.29, 0.717) is 13.2 Å². The number of rotatable bonds is 5. The maximum Gasteiger partial charge on any atom is 0.193 e. The Morgan fingerprint density at radius 2 is 2.12 bits per heavy atom. The third-order valence-corrected chi connectivity index (χ3v) is 4.22. The zero-order valence-electron chi connectivity index (χ0n) is 15.4. The molecule has 0 spiro atoms. The Kier molecular flexibility index (Phi) is 9.80. The molecule has 0 aromatic rings. The van der Waals surface area contributed by atoms with E-state index in [9.17, 15) is 0 Å². The second-order valence-electron chi connectivity index (χ2n) is 6.75. The summed E-state index contributed by atoms with van der Waals surface area (Å²) in [7, 11) is 3.54. The van der Waals surface area contributed by atoms with Gasteiger partial charge in [-0.2, -0.15) is 0 Å². The van der Waals surface area contributed by atoms with Gasteiger partial charge in [-0.05, 0) is 13.8 Å². The van der Waals surface area contributed by atoms with E-state index >= 15 is 0 Å². The van der Waals surface area contributed by atoms with Gasteiger partial charge in [-0.15, -0.1) is 24.0 Å². The lowest BCUT2D eigenvalue weighted by molar-refractivity contribution is -0.0853. The zero-order chi connectivity index (χ0) is 16.7. The smallest absolute Gasteiger partial charge is 0.193 e. The SMILES string of the molecule is CN=C(NCCN1CCOC(C)(C)C1)N1CCOC(COC)C1.I. The van der Waals surface area contributed by atoms with Crippen LogP contribution in [0.5, 0.6) is 0 Å². The summed E-state index contributed by atoms with van der Waals surface area (Å²) in [6.45, 7) is 12.0. The molecule has 8 heteroatoms. The van der Waals surface area contributed by atoms with Gasteiger partial charge in [0.1, 0.15) is 0 Å². The summed E-state index contributed by atoms with van der Waals surface area (Å²) in [6.07, 6.45) is 0.118. The first-order valence-corrected chi connectivity index (χ1v) is 8.46. The fourth-order valence-corrected chi connectivity index (χ4v) is 3.16. The minimum atomic E-state index is -0.0441. The van der Waals surface area contributed by atoms with Crippen LogP contribution in [0.3, 0.4) is 0 Å². The molecule has 1 N–H and O–H groups in total. The summed E-state index contributed by atoms with van der Waals surface area (Å²) < 4.78 is 16.6. The standard InChI is InChI=1S/C16H32N4O3.HI/c1-16(2)13-19(7-10-23-16)6-5-18-15(17-3)20-8-9-22-14(11-20)12-21-4;/h14H,5-13H2,1-4H3,(H,17,18);1H. The van der Waals surface area contributed by atoms with E-state index in [1.54, 1.807) is 7.11 Å². The molecule has 0 radical (unpaired) electrons. The number of halogens is 1. The molecule has 0 aromatic heterocycles. The van der Waals surface area contributed by atoms with Crippen molar-refractivity contribution in [2.24, 2.45) is 4.99 Å². The van der Waals surface area contributed by atoms with Crippen molar-refractivity contribution in [1.29, 1.82) is 0 Å². The Labute approximate surface area is 163 Å². The van der Waals surface area contributed by atoms with Gasteiger partial charge in [0.05, 0.1) is 31.5 Å². The molecule has 2 aliphatic heterocycles. The van der Waals surface area contributed by atoms with Gasteiger partial charge in [0.2, 0.25) is 0 Å². The van der Waals surface area contributed by atoms with Crippen molar-refractivity contribution in [3.63, 3.8) is 0 Å². The molecular weight excluding hydrogens is 423 g/mol. The Bertz CT molecular complexity index is 394. The lowest BCUT2D eigenvalue weighted by atomic mass is 10.1. The van der Waals surface area contributed by atoms with Gasteiger partial charge in [-0.3, -0.25) is 9.89 Å². The summed E-state index contributed by atoms with van der Waals surface area (Å²) in [5, 5.41) is 3.47. The molecule has 2 saturated heterocycles. The number of nitrogens with zero attached hydrogens (tertiary/aromatic N) is 3. The summed E-state index contributed by atoms with van der Waals surface area (Å²) in [5.74, 6) is 0.946. The van der Waals surface area contributed by atoms with Gasteiger partial charge in [0.15, 0.2) is 5.96 Å². The van der Waals surface area contributed by atoms with Gasteiger partial charge >= 0.3 is 0 Å². The molecule has 2 heterocycles. The van der Waals surface area contributed by atoms with E-state index in [4.69, 9.17) is 14.2 Å². The lowest BCUT2D eigenvalue weighted by Crippen LogP contribution is -2.53. The summed E-state index contributed by atoms with van der Waals surface area (Å²) in [4.78, 5) is 9.10. The van der Waals surface area contributed by atoms with Crippen LogP contribution >= 0.6 is 24.0 Å². The molecule has 2 fully saturated rings. The van der Waals surface area contributed by atoms with E-state index in [1.165, 1.54) is 0 Å². The monoisotopic (exact) mass is 456 g/mol. The molecule has 2 aliphatic rings. The number of ether oxygens (including phenoxy) is 3. The van der Waals surface area contributed by atoms with Crippen molar-refractivity contribution in [3.8, 4) is 0 Å². The largest absolute Gasteiger partial charge is 0.382 e. The number of aliphatic imine (C=N–C) groups is 1. The average Bonchev–Trinajstić information content (AvgIpc) is 2.51. The number of morpholine rings is 2. The highest BCUT2D eigenvalue weighted by Crippen LogP contribution is 2.15. The highest BCUT2D eigenvalue weighted by Gasteiger charge is 2.27. The average molecular weight is 456 g/mol. The van der Waals surface area contributed by atoms with E-state index in [2.05, 4.69) is 34.0 Å². The van der Waals surface area contributed by atoms with Crippen LogP contribution in [-0.2, 0) is 14.2 Å². The van der Waals surface area contributed by atoms with E-state index < -0.39 is 0 Å². The second-order valence-corrected chi connectivity index (χ2v) is 6.75. The third-order valence-electron chi connectivity index (χ3n) is 4.22. The van der Waals surface area contributed by atoms with Gasteiger partial charge in [-0.25, -0.2) is 0 Å². The molecule has 0 saturated carbocycles. The van der Waals surface area contributed by atoms with Gasteiger partial charge in [-0.1, -0.05) is 0 Å². The number of hydrogen-bond acceptors (Lipinski definition) is 5. The van der Waals surface area contributed by atoms with Crippen LogP contribution in [-0.4, -0.2) is 101 Å². The molecule has 7 nitrogen and oxygen atoms in total. The van der Waals surface area contributed by atoms with Crippen LogP contribution in [0.1, 0.15) is 13.8 Å². The topological polar surface area (TPSA) is 58.6 Å². The Hall–Kier alpha value is -0.160. The van der Waals surface area contributed by atoms with Crippen LogP contribution in [0.4, 0.5) is 0 Å². The molecule has 24 heavy (non-hydrogen) atoms. The summed E-state index contributed by atoms with van der Waals surface area (Å²) in [6, 6.07) is 0. The zero-order valence-corrected chi connectivity index (χ0v) is 17.7. The Morgan fingerprint density at radius 1 is 1.33 bits per heavy atom. The molecule has 0 bridgehead atoms. The van der Waals surface area contributed by atoms with Gasteiger partial charge in [0, 0.05) is 53.4 Å². The number of hydrogen-bond donors (Lipinski definition) is 1. The van der Waals surface area contributed by atoms with E-state index in [-0.39, 0.29) is 35.7 Å². The number of nitrogens with one attached hydrogen (secondary N) is 1. The third kappa shape index (κ3) is 6.99. The van der Waals surface area contributed by atoms with Gasteiger partial charge in [0.25, 0.3) is 0 Å². The van der Waals surface area contributed by atoms with Gasteiger partial charge < -0.3 is 24.4 Å². The number of methoxy groups -OCH3 is 1. The maximum atomic E-state index is 5.75. The molecule has 0 amide bonds. The highest BCUT2D eigenvalue weighted by atomic mass is 127. The van der Waals surface area contributed by atoms with Crippen molar-refractivity contribution in [1.82, 2.24) is 15.1 Å². The second kappa shape index (κ2) is 10.7. The number of guanidine groups is 1. The minimum Gasteiger partial charge on any atom is -0.382 e. The summed E-state index contributed by atoms with van der Waals surface area (Å²) in [5.41, 5.74) is -0.0441. The predicted molar refractivity (Wildman–Crippen MR) is 106 cm³/mol. The van der Waals surface area contributed by atoms with Crippen molar-refractivity contribution in [3.05, 3.63) is 0 Å². The molecule has 1 unspecified atom stereocenters. The normalized spacial score (nSPS) is 25.2. The maximum absolute atomic E-state index is 5.75. The summed E-state index contributed by atoms with van der Waals surface area (Å²) >= 11 is 0. The van der Waals surface area contributed by atoms with Crippen LogP contribution < -0.4 is 5.32 Å². The Balaban J connectivity index is 0.00000288. The first-order chi connectivity index (χ1) is 11.0. The molecule has 142 valence electrons. The van der Waals surface area contributed by atoms with E-state index in [1.807, 2.05) is 7.05 Å². The van der Waals surface area contributed by atoms with E-state index in [0.717, 1.165) is 51.8 Å². The Morgan fingerprint density at radius 3 is 2.79 bits per heavy atom. The first kappa shape index (κ1) is 21.9. The quantitative estimate of drug-likeness (QED) is 0.373. The molecular formula is C16H33IN4O3. The van der Waals surface area contributed by atoms with Crippen molar-refractivity contribution in [2.45, 2.75) is 25.6 Å². The lowest BCUT2D eigenvalue weighted by Gasteiger charge is -2.38. The van der Waals surface area contributed by atoms with Crippen LogP contribution in [0.25, 0.3) is 0 Å². The van der Waals surface area contributed by atoms with Crippen molar-refractivity contribution in [2.75, 3.05) is 73.2 Å². The molecule has 0 aromatic carbocycles. The fraction of sp³-hybridized carbons (Fsp3) is 0.938. The highest BCUT2D eigenvalue weighted by molar-refractivity contribution is 14.0. The first-order valence-electron chi connectivity index (χ1n) is 8.46. The molecule has 0 aliphatic carbocycles.